The normalized spacial score (nSPS) is 19.2. The number of hydrogen-bond acceptors (Lipinski definition) is 5. The van der Waals surface area contributed by atoms with E-state index in [4.69, 9.17) is 16.3 Å². The van der Waals surface area contributed by atoms with E-state index in [1.165, 1.54) is 45.6 Å². The summed E-state index contributed by atoms with van der Waals surface area (Å²) in [4.78, 5) is 25.9. The van der Waals surface area contributed by atoms with Gasteiger partial charge in [0.1, 0.15) is 11.6 Å². The predicted octanol–water partition coefficient (Wildman–Crippen LogP) is 2.27. The van der Waals surface area contributed by atoms with Gasteiger partial charge in [-0.3, -0.25) is 9.59 Å². The van der Waals surface area contributed by atoms with Gasteiger partial charge in [0.25, 0.3) is 5.91 Å². The van der Waals surface area contributed by atoms with Gasteiger partial charge < -0.3 is 15.0 Å². The molecule has 11 heteroatoms. The Kier molecular flexibility index (Phi) is 6.11. The molecule has 0 aliphatic carbocycles. The van der Waals surface area contributed by atoms with Crippen LogP contribution in [0.1, 0.15) is 12.5 Å². The number of hydrogen-bond donors (Lipinski definition) is 1. The number of fused-ring (bicyclic) bond motifs is 1. The highest BCUT2D eigenvalue weighted by Crippen LogP contribution is 2.33. The number of ether oxygens (including phenoxy) is 1. The average Bonchev–Trinajstić information content (AvgIpc) is 2.77. The Hall–Kier alpha value is -2.69. The summed E-state index contributed by atoms with van der Waals surface area (Å²) < 4.78 is 46.9. The number of amides is 2. The molecule has 0 saturated carbocycles. The molecule has 32 heavy (non-hydrogen) atoms. The third kappa shape index (κ3) is 4.30. The summed E-state index contributed by atoms with van der Waals surface area (Å²) in [6.45, 7) is 2.13. The van der Waals surface area contributed by atoms with E-state index >= 15 is 0 Å². The number of nitrogens with zero attached hydrogens (tertiary/aromatic N) is 2. The summed E-state index contributed by atoms with van der Waals surface area (Å²) >= 11 is 6.00. The molecule has 2 heterocycles. The molecule has 2 aromatic rings. The van der Waals surface area contributed by atoms with E-state index in [0.29, 0.717) is 11.4 Å². The highest BCUT2D eigenvalue weighted by Gasteiger charge is 2.32. The largest absolute Gasteiger partial charge is 0.479 e. The van der Waals surface area contributed by atoms with Crippen molar-refractivity contribution in [2.75, 3.05) is 31.5 Å². The van der Waals surface area contributed by atoms with Gasteiger partial charge in [0, 0.05) is 36.8 Å². The third-order valence-corrected chi connectivity index (χ3v) is 7.75. The molecule has 2 aromatic carbocycles. The van der Waals surface area contributed by atoms with Gasteiger partial charge in [0.15, 0.2) is 6.10 Å². The van der Waals surface area contributed by atoms with Crippen molar-refractivity contribution in [3.63, 3.8) is 0 Å². The minimum Gasteiger partial charge on any atom is -0.479 e. The molecule has 8 nitrogen and oxygen atoms in total. The quantitative estimate of drug-likeness (QED) is 0.722. The Labute approximate surface area is 189 Å². The van der Waals surface area contributed by atoms with Crippen LogP contribution < -0.4 is 10.1 Å². The first-order valence-electron chi connectivity index (χ1n) is 9.99. The molecule has 4 rings (SSSR count). The lowest BCUT2D eigenvalue weighted by molar-refractivity contribution is -0.131. The Bertz CT molecular complexity index is 1160. The molecule has 2 aliphatic rings. The van der Waals surface area contributed by atoms with Crippen LogP contribution in [0.25, 0.3) is 0 Å². The van der Waals surface area contributed by atoms with Crippen molar-refractivity contribution in [3.8, 4) is 5.75 Å². The van der Waals surface area contributed by atoms with Gasteiger partial charge in [-0.1, -0.05) is 17.7 Å². The summed E-state index contributed by atoms with van der Waals surface area (Å²) in [5, 5.41) is 2.82. The fourth-order valence-electron chi connectivity index (χ4n) is 3.64. The maximum absolute atomic E-state index is 14.0. The number of benzene rings is 2. The van der Waals surface area contributed by atoms with Crippen molar-refractivity contribution >= 4 is 39.1 Å². The first-order valence-corrected chi connectivity index (χ1v) is 11.8. The zero-order chi connectivity index (χ0) is 23.0. The van der Waals surface area contributed by atoms with Crippen LogP contribution in [-0.4, -0.2) is 61.7 Å². The van der Waals surface area contributed by atoms with E-state index in [-0.39, 0.29) is 59.9 Å². The molecule has 2 aliphatic heterocycles. The second-order valence-electron chi connectivity index (χ2n) is 7.57. The first-order chi connectivity index (χ1) is 15.2. The van der Waals surface area contributed by atoms with Gasteiger partial charge >= 0.3 is 0 Å². The third-order valence-electron chi connectivity index (χ3n) is 5.50. The topological polar surface area (TPSA) is 96.0 Å². The average molecular weight is 482 g/mol. The van der Waals surface area contributed by atoms with Crippen LogP contribution in [0.3, 0.4) is 0 Å². The molecule has 1 saturated heterocycles. The van der Waals surface area contributed by atoms with Crippen molar-refractivity contribution in [1.82, 2.24) is 9.21 Å². The van der Waals surface area contributed by atoms with E-state index in [9.17, 15) is 22.4 Å². The van der Waals surface area contributed by atoms with Gasteiger partial charge in [-0.15, -0.1) is 0 Å². The molecule has 2 amide bonds. The van der Waals surface area contributed by atoms with Gasteiger partial charge in [-0.2, -0.15) is 4.31 Å². The second kappa shape index (κ2) is 8.68. The SMILES string of the molecule is CC1Oc2ccc(S(=O)(=O)N3CCN(C(=O)Cc4c(F)cccc4Cl)CC3)cc2NC1=O. The number of halogens is 2. The molecule has 1 N–H and O–H groups in total. The number of piperazine rings is 1. The molecule has 1 unspecified atom stereocenters. The lowest BCUT2D eigenvalue weighted by Crippen LogP contribution is -2.50. The summed E-state index contributed by atoms with van der Waals surface area (Å²) in [6.07, 6.45) is -0.851. The lowest BCUT2D eigenvalue weighted by Gasteiger charge is -2.34. The lowest BCUT2D eigenvalue weighted by atomic mass is 10.1. The van der Waals surface area contributed by atoms with Crippen LogP contribution in [0.2, 0.25) is 5.02 Å². The van der Waals surface area contributed by atoms with Crippen molar-refractivity contribution in [1.29, 1.82) is 0 Å². The van der Waals surface area contributed by atoms with Crippen LogP contribution in [0, 0.1) is 5.82 Å². The number of nitrogens with one attached hydrogen (secondary N) is 1. The summed E-state index contributed by atoms with van der Waals surface area (Å²) in [7, 11) is -3.84. The number of carbonyl (C=O) groups is 2. The number of rotatable bonds is 4. The zero-order valence-electron chi connectivity index (χ0n) is 17.2. The summed E-state index contributed by atoms with van der Waals surface area (Å²) in [5.41, 5.74) is 0.423. The monoisotopic (exact) mass is 481 g/mol. The molecule has 0 bridgehead atoms. The van der Waals surface area contributed by atoms with E-state index in [0.717, 1.165) is 0 Å². The van der Waals surface area contributed by atoms with Crippen LogP contribution in [0.5, 0.6) is 5.75 Å². The van der Waals surface area contributed by atoms with Crippen molar-refractivity contribution in [2.24, 2.45) is 0 Å². The molecule has 0 aromatic heterocycles. The second-order valence-corrected chi connectivity index (χ2v) is 9.91. The fourth-order valence-corrected chi connectivity index (χ4v) is 5.32. The van der Waals surface area contributed by atoms with Crippen LogP contribution >= 0.6 is 11.6 Å². The maximum atomic E-state index is 14.0. The van der Waals surface area contributed by atoms with Crippen LogP contribution in [-0.2, 0) is 26.0 Å². The van der Waals surface area contributed by atoms with E-state index in [1.54, 1.807) is 6.92 Å². The first kappa shape index (κ1) is 22.5. The number of carbonyl (C=O) groups excluding carboxylic acids is 2. The Morgan fingerprint density at radius 2 is 1.94 bits per heavy atom. The molecule has 1 atom stereocenters. The molecular formula is C21H21ClFN3O5S. The Balaban J connectivity index is 1.43. The zero-order valence-corrected chi connectivity index (χ0v) is 18.7. The van der Waals surface area contributed by atoms with Crippen molar-refractivity contribution in [2.45, 2.75) is 24.3 Å². The maximum Gasteiger partial charge on any atom is 0.265 e. The number of sulfonamides is 1. The van der Waals surface area contributed by atoms with Gasteiger partial charge in [-0.25, -0.2) is 12.8 Å². The van der Waals surface area contributed by atoms with Crippen molar-refractivity contribution < 1.29 is 27.1 Å². The molecule has 170 valence electrons. The molecule has 1 fully saturated rings. The van der Waals surface area contributed by atoms with Gasteiger partial charge in [0.2, 0.25) is 15.9 Å². The standard InChI is InChI=1S/C21H21ClFN3O5S/c1-13-21(28)24-18-11-14(5-6-19(18)31-13)32(29,30)26-9-7-25(8-10-26)20(27)12-15-16(22)3-2-4-17(15)23/h2-6,11,13H,7-10,12H2,1H3,(H,24,28). The van der Waals surface area contributed by atoms with Crippen molar-refractivity contribution in [3.05, 3.63) is 52.8 Å². The summed E-state index contributed by atoms with van der Waals surface area (Å²) in [6, 6.07) is 8.53. The fraction of sp³-hybridized carbons (Fsp3) is 0.333. The Morgan fingerprint density at radius 1 is 1.22 bits per heavy atom. The van der Waals surface area contributed by atoms with Gasteiger partial charge in [0.05, 0.1) is 17.0 Å². The van der Waals surface area contributed by atoms with Gasteiger partial charge in [-0.05, 0) is 37.3 Å². The predicted molar refractivity (Wildman–Crippen MR) is 116 cm³/mol. The van der Waals surface area contributed by atoms with Crippen LogP contribution in [0.4, 0.5) is 10.1 Å². The van der Waals surface area contributed by atoms with E-state index in [2.05, 4.69) is 5.32 Å². The van der Waals surface area contributed by atoms with E-state index < -0.39 is 21.9 Å². The summed E-state index contributed by atoms with van der Waals surface area (Å²) in [5.74, 6) is -0.825. The van der Waals surface area contributed by atoms with Crippen LogP contribution in [0.15, 0.2) is 41.3 Å². The Morgan fingerprint density at radius 3 is 2.62 bits per heavy atom. The minimum atomic E-state index is -3.84. The highest BCUT2D eigenvalue weighted by atomic mass is 35.5. The highest BCUT2D eigenvalue weighted by molar-refractivity contribution is 7.89. The smallest absolute Gasteiger partial charge is 0.265 e. The number of anilines is 1. The van der Waals surface area contributed by atoms with E-state index in [1.807, 2.05) is 0 Å². The minimum absolute atomic E-state index is 0.0209. The molecular weight excluding hydrogens is 461 g/mol. The molecule has 0 spiro atoms. The molecule has 0 radical (unpaired) electrons.